The molecule has 20 heavy (non-hydrogen) atoms. The third kappa shape index (κ3) is 2.34. The molecule has 0 bridgehead atoms. The molecule has 2 heterocycles. The van der Waals surface area contributed by atoms with Gasteiger partial charge in [-0.05, 0) is 25.5 Å². The Hall–Kier alpha value is -2.43. The Labute approximate surface area is 117 Å². The Morgan fingerprint density at radius 1 is 1.20 bits per heavy atom. The van der Waals surface area contributed by atoms with Gasteiger partial charge in [-0.2, -0.15) is 0 Å². The molecule has 5 heteroatoms. The van der Waals surface area contributed by atoms with Gasteiger partial charge in [-0.25, -0.2) is 15.0 Å². The number of hydrogen-bond donors (Lipinski definition) is 2. The number of fused-ring (bicyclic) bond motifs is 1. The van der Waals surface area contributed by atoms with E-state index in [2.05, 4.69) is 32.2 Å². The molecular weight excluding hydrogens is 250 g/mol. The van der Waals surface area contributed by atoms with Crippen LogP contribution in [0.2, 0.25) is 0 Å². The number of anilines is 1. The fourth-order valence-corrected chi connectivity index (χ4v) is 2.22. The van der Waals surface area contributed by atoms with Crippen molar-refractivity contribution >= 4 is 16.9 Å². The zero-order chi connectivity index (χ0) is 13.9. The van der Waals surface area contributed by atoms with Crippen LogP contribution in [0, 0.1) is 6.92 Å². The van der Waals surface area contributed by atoms with E-state index in [1.165, 1.54) is 0 Å². The van der Waals surface area contributed by atoms with Gasteiger partial charge in [0, 0.05) is 12.4 Å². The molecule has 0 amide bonds. The fraction of sp³-hybridized carbons (Fsp3) is 0.267. The highest BCUT2D eigenvalue weighted by Crippen LogP contribution is 2.22. The molecule has 3 aromatic rings. The predicted octanol–water partition coefficient (Wildman–Crippen LogP) is 3.22. The van der Waals surface area contributed by atoms with E-state index in [1.807, 2.05) is 37.4 Å². The van der Waals surface area contributed by atoms with E-state index in [9.17, 15) is 0 Å². The van der Waals surface area contributed by atoms with Crippen LogP contribution in [0.1, 0.15) is 30.9 Å². The van der Waals surface area contributed by atoms with Gasteiger partial charge in [0.25, 0.3) is 0 Å². The summed E-state index contributed by atoms with van der Waals surface area (Å²) >= 11 is 0. The molecule has 1 aromatic carbocycles. The largest absolute Gasteiger partial charge is 0.359 e. The Balaban J connectivity index is 1.95. The molecule has 2 N–H and O–H groups in total. The van der Waals surface area contributed by atoms with Crippen LogP contribution in [0.4, 0.5) is 5.82 Å². The minimum absolute atomic E-state index is 0.110. The monoisotopic (exact) mass is 267 g/mol. The van der Waals surface area contributed by atoms with Gasteiger partial charge in [-0.3, -0.25) is 0 Å². The highest BCUT2D eigenvalue weighted by Gasteiger charge is 2.14. The van der Waals surface area contributed by atoms with Crippen molar-refractivity contribution in [2.24, 2.45) is 0 Å². The van der Waals surface area contributed by atoms with Gasteiger partial charge in [0.1, 0.15) is 11.6 Å². The summed E-state index contributed by atoms with van der Waals surface area (Å²) in [5.74, 6) is 1.73. The number of aryl methyl sites for hydroxylation is 1. The number of benzene rings is 1. The van der Waals surface area contributed by atoms with Gasteiger partial charge >= 0.3 is 0 Å². The van der Waals surface area contributed by atoms with Crippen LogP contribution < -0.4 is 5.32 Å². The van der Waals surface area contributed by atoms with E-state index in [0.717, 1.165) is 34.8 Å². The molecule has 2 aromatic heterocycles. The first-order valence-corrected chi connectivity index (χ1v) is 6.77. The molecule has 0 radical (unpaired) electrons. The topological polar surface area (TPSA) is 66.5 Å². The summed E-state index contributed by atoms with van der Waals surface area (Å²) in [4.78, 5) is 16.7. The zero-order valence-electron chi connectivity index (χ0n) is 11.6. The van der Waals surface area contributed by atoms with E-state index in [0.29, 0.717) is 0 Å². The van der Waals surface area contributed by atoms with Crippen molar-refractivity contribution in [3.63, 3.8) is 0 Å². The number of aromatic amines is 1. The molecule has 0 spiro atoms. The second-order valence-electron chi connectivity index (χ2n) is 4.73. The summed E-state index contributed by atoms with van der Waals surface area (Å²) in [6.07, 6.45) is 4.51. The molecule has 3 rings (SSSR count). The average Bonchev–Trinajstić information content (AvgIpc) is 2.99. The predicted molar refractivity (Wildman–Crippen MR) is 79.5 cm³/mol. The number of para-hydroxylation sites is 2. The van der Waals surface area contributed by atoms with E-state index in [-0.39, 0.29) is 6.04 Å². The Kier molecular flexibility index (Phi) is 3.33. The van der Waals surface area contributed by atoms with Crippen molar-refractivity contribution in [2.75, 3.05) is 5.32 Å². The number of imidazole rings is 1. The minimum atomic E-state index is 0.110. The lowest BCUT2D eigenvalue weighted by Gasteiger charge is -2.17. The van der Waals surface area contributed by atoms with E-state index in [1.54, 1.807) is 6.20 Å². The van der Waals surface area contributed by atoms with Crippen LogP contribution in [0.25, 0.3) is 11.0 Å². The van der Waals surface area contributed by atoms with E-state index < -0.39 is 0 Å². The lowest BCUT2D eigenvalue weighted by Crippen LogP contribution is -2.14. The maximum absolute atomic E-state index is 4.66. The molecule has 102 valence electrons. The highest BCUT2D eigenvalue weighted by atomic mass is 15.1. The first kappa shape index (κ1) is 12.6. The lowest BCUT2D eigenvalue weighted by atomic mass is 10.2. The van der Waals surface area contributed by atoms with Crippen molar-refractivity contribution in [1.82, 2.24) is 19.9 Å². The summed E-state index contributed by atoms with van der Waals surface area (Å²) in [5.41, 5.74) is 2.71. The smallest absolute Gasteiger partial charge is 0.148 e. The Bertz CT molecular complexity index is 705. The van der Waals surface area contributed by atoms with Gasteiger partial charge in [0.15, 0.2) is 0 Å². The highest BCUT2D eigenvalue weighted by molar-refractivity contribution is 5.76. The third-order valence-electron chi connectivity index (χ3n) is 3.31. The number of hydrogen-bond acceptors (Lipinski definition) is 4. The van der Waals surface area contributed by atoms with Gasteiger partial charge in [0.2, 0.25) is 0 Å². The van der Waals surface area contributed by atoms with Crippen LogP contribution in [0.15, 0.2) is 36.7 Å². The maximum atomic E-state index is 4.66. The second-order valence-corrected chi connectivity index (χ2v) is 4.73. The first-order valence-electron chi connectivity index (χ1n) is 6.77. The number of nitrogens with one attached hydrogen (secondary N) is 2. The van der Waals surface area contributed by atoms with Gasteiger partial charge in [-0.1, -0.05) is 19.1 Å². The molecule has 5 nitrogen and oxygen atoms in total. The minimum Gasteiger partial charge on any atom is -0.359 e. The second kappa shape index (κ2) is 5.28. The van der Waals surface area contributed by atoms with Crippen LogP contribution in [-0.2, 0) is 0 Å². The average molecular weight is 267 g/mol. The molecule has 0 aliphatic heterocycles. The molecule has 1 unspecified atom stereocenters. The zero-order valence-corrected chi connectivity index (χ0v) is 11.6. The van der Waals surface area contributed by atoms with Gasteiger partial charge in [-0.15, -0.1) is 0 Å². The summed E-state index contributed by atoms with van der Waals surface area (Å²) in [5, 5.41) is 3.42. The SMILES string of the molecule is CCC(Nc1nc2ccccc2nc1C)c1ncc[nH]1. The quantitative estimate of drug-likeness (QED) is 0.761. The summed E-state index contributed by atoms with van der Waals surface area (Å²) in [6.45, 7) is 4.08. The van der Waals surface area contributed by atoms with Crippen molar-refractivity contribution in [3.05, 3.63) is 48.2 Å². The molecule has 0 aliphatic rings. The summed E-state index contributed by atoms with van der Waals surface area (Å²) in [6, 6.07) is 8.00. The standard InChI is InChI=1S/C15H17N5/c1-3-11(15-16-8-9-17-15)19-14-10(2)18-12-6-4-5-7-13(12)20-14/h4-9,11H,3H2,1-2H3,(H,16,17)(H,19,20). The molecule has 1 atom stereocenters. The molecule has 0 saturated carbocycles. The number of nitrogens with zero attached hydrogens (tertiary/aromatic N) is 3. The van der Waals surface area contributed by atoms with E-state index in [4.69, 9.17) is 0 Å². The first-order chi connectivity index (χ1) is 9.78. The van der Waals surface area contributed by atoms with Crippen LogP contribution in [0.5, 0.6) is 0 Å². The molecule has 0 fully saturated rings. The van der Waals surface area contributed by atoms with Crippen LogP contribution in [-0.4, -0.2) is 19.9 Å². The fourth-order valence-electron chi connectivity index (χ4n) is 2.22. The molecule has 0 saturated heterocycles. The third-order valence-corrected chi connectivity index (χ3v) is 3.31. The van der Waals surface area contributed by atoms with Gasteiger partial charge < -0.3 is 10.3 Å². The van der Waals surface area contributed by atoms with Crippen molar-refractivity contribution < 1.29 is 0 Å². The van der Waals surface area contributed by atoms with Crippen molar-refractivity contribution in [1.29, 1.82) is 0 Å². The molecule has 0 aliphatic carbocycles. The summed E-state index contributed by atoms with van der Waals surface area (Å²) < 4.78 is 0. The number of aromatic nitrogens is 4. The van der Waals surface area contributed by atoms with Crippen molar-refractivity contribution in [2.45, 2.75) is 26.3 Å². The van der Waals surface area contributed by atoms with Crippen molar-refractivity contribution in [3.8, 4) is 0 Å². The Morgan fingerprint density at radius 2 is 1.95 bits per heavy atom. The number of rotatable bonds is 4. The lowest BCUT2D eigenvalue weighted by molar-refractivity contribution is 0.699. The maximum Gasteiger partial charge on any atom is 0.148 e. The normalized spacial score (nSPS) is 12.5. The van der Waals surface area contributed by atoms with Crippen LogP contribution >= 0.6 is 0 Å². The molecular formula is C15H17N5. The Morgan fingerprint density at radius 3 is 2.60 bits per heavy atom. The van der Waals surface area contributed by atoms with Crippen LogP contribution in [0.3, 0.4) is 0 Å². The van der Waals surface area contributed by atoms with E-state index >= 15 is 0 Å². The van der Waals surface area contributed by atoms with Gasteiger partial charge in [0.05, 0.1) is 22.8 Å². The number of H-pyrrole nitrogens is 1. The summed E-state index contributed by atoms with van der Waals surface area (Å²) in [7, 11) is 0.